The predicted octanol–water partition coefficient (Wildman–Crippen LogP) is 3.12. The second kappa shape index (κ2) is 7.38. The fourth-order valence-corrected chi connectivity index (χ4v) is 2.44. The number of hydrogen-bond donors (Lipinski definition) is 1. The van der Waals surface area contributed by atoms with Crippen molar-refractivity contribution in [1.82, 2.24) is 0 Å². The minimum absolute atomic E-state index is 0.100. The van der Waals surface area contributed by atoms with Crippen molar-refractivity contribution in [2.45, 2.75) is 58.4 Å². The van der Waals surface area contributed by atoms with E-state index in [1.54, 1.807) is 0 Å². The summed E-state index contributed by atoms with van der Waals surface area (Å²) in [6.45, 7) is 17.5. The van der Waals surface area contributed by atoms with Gasteiger partial charge in [0.2, 0.25) is 0 Å². The van der Waals surface area contributed by atoms with E-state index in [0.717, 1.165) is 5.57 Å². The SMILES string of the molecule is C=C(C[C@@H](O)C(=O)OC)[C@@H](C)CO[Si](C)(C)C(C)(C)C. The molecule has 0 aromatic rings. The number of carbonyl (C=O) groups is 1. The maximum atomic E-state index is 11.2. The highest BCUT2D eigenvalue weighted by Crippen LogP contribution is 2.37. The topological polar surface area (TPSA) is 55.8 Å². The molecule has 0 aliphatic carbocycles. The van der Waals surface area contributed by atoms with Gasteiger partial charge in [0, 0.05) is 13.0 Å². The lowest BCUT2D eigenvalue weighted by Gasteiger charge is -2.37. The first-order valence-corrected chi connectivity index (χ1v) is 9.90. The molecule has 0 aromatic heterocycles. The Balaban J connectivity index is 4.39. The highest BCUT2D eigenvalue weighted by molar-refractivity contribution is 6.74. The molecule has 0 amide bonds. The summed E-state index contributed by atoms with van der Waals surface area (Å²) in [7, 11) is -0.515. The zero-order valence-corrected chi connectivity index (χ0v) is 14.9. The molecule has 0 saturated heterocycles. The molecule has 0 unspecified atom stereocenters. The van der Waals surface area contributed by atoms with Crippen LogP contribution >= 0.6 is 0 Å². The van der Waals surface area contributed by atoms with Gasteiger partial charge < -0.3 is 14.3 Å². The molecule has 0 aliphatic heterocycles. The fourth-order valence-electron chi connectivity index (χ4n) is 1.34. The van der Waals surface area contributed by atoms with Gasteiger partial charge in [-0.3, -0.25) is 0 Å². The molecule has 0 spiro atoms. The van der Waals surface area contributed by atoms with Crippen LogP contribution in [0.5, 0.6) is 0 Å². The Morgan fingerprint density at radius 2 is 1.85 bits per heavy atom. The lowest BCUT2D eigenvalue weighted by molar-refractivity contribution is -0.150. The minimum atomic E-state index is -1.78. The quantitative estimate of drug-likeness (QED) is 0.446. The van der Waals surface area contributed by atoms with Crippen LogP contribution in [0.2, 0.25) is 18.1 Å². The Labute approximate surface area is 124 Å². The Hall–Kier alpha value is -0.653. The number of aliphatic hydroxyl groups excluding tert-OH is 1. The van der Waals surface area contributed by atoms with Crippen LogP contribution in [-0.4, -0.2) is 39.2 Å². The van der Waals surface area contributed by atoms with Crippen molar-refractivity contribution >= 4 is 14.3 Å². The maximum absolute atomic E-state index is 11.2. The first-order chi connectivity index (χ1) is 8.92. The Bertz CT molecular complexity index is 344. The van der Waals surface area contributed by atoms with Crippen LogP contribution in [-0.2, 0) is 14.0 Å². The van der Waals surface area contributed by atoms with Crippen LogP contribution in [0.4, 0.5) is 0 Å². The van der Waals surface area contributed by atoms with Gasteiger partial charge in [-0.2, -0.15) is 0 Å². The van der Waals surface area contributed by atoms with Gasteiger partial charge >= 0.3 is 5.97 Å². The van der Waals surface area contributed by atoms with E-state index in [-0.39, 0.29) is 17.4 Å². The third-order valence-electron chi connectivity index (χ3n) is 4.13. The smallest absolute Gasteiger partial charge is 0.335 e. The van der Waals surface area contributed by atoms with E-state index >= 15 is 0 Å². The molecule has 0 aromatic carbocycles. The largest absolute Gasteiger partial charge is 0.467 e. The van der Waals surface area contributed by atoms with Crippen LogP contribution in [0.1, 0.15) is 34.1 Å². The van der Waals surface area contributed by atoms with Crippen LogP contribution in [0.3, 0.4) is 0 Å². The summed E-state index contributed by atoms with van der Waals surface area (Å²) in [6, 6.07) is 0. The molecule has 0 aliphatic rings. The number of aliphatic hydroxyl groups is 1. The summed E-state index contributed by atoms with van der Waals surface area (Å²) in [5.74, 6) is -0.521. The van der Waals surface area contributed by atoms with Crippen molar-refractivity contribution < 1.29 is 19.1 Å². The molecule has 1 N–H and O–H groups in total. The molecule has 2 atom stereocenters. The Morgan fingerprint density at radius 1 is 1.35 bits per heavy atom. The lowest BCUT2D eigenvalue weighted by Crippen LogP contribution is -2.42. The number of esters is 1. The summed E-state index contributed by atoms with van der Waals surface area (Å²) in [4.78, 5) is 11.2. The van der Waals surface area contributed by atoms with Crippen LogP contribution in [0, 0.1) is 5.92 Å². The van der Waals surface area contributed by atoms with Crippen molar-refractivity contribution in [1.29, 1.82) is 0 Å². The Morgan fingerprint density at radius 3 is 2.25 bits per heavy atom. The summed E-state index contributed by atoms with van der Waals surface area (Å²) in [5, 5.41) is 9.79. The molecule has 0 saturated carbocycles. The molecule has 5 heteroatoms. The van der Waals surface area contributed by atoms with Gasteiger partial charge in [0.1, 0.15) is 0 Å². The van der Waals surface area contributed by atoms with Crippen LogP contribution in [0.15, 0.2) is 12.2 Å². The van der Waals surface area contributed by atoms with E-state index in [0.29, 0.717) is 6.61 Å². The van der Waals surface area contributed by atoms with Gasteiger partial charge in [-0.25, -0.2) is 4.79 Å². The molecule has 0 heterocycles. The monoisotopic (exact) mass is 302 g/mol. The van der Waals surface area contributed by atoms with Crippen molar-refractivity contribution in [3.63, 3.8) is 0 Å². The summed E-state index contributed by atoms with van der Waals surface area (Å²) >= 11 is 0. The molecule has 4 nitrogen and oxygen atoms in total. The molecule has 118 valence electrons. The van der Waals surface area contributed by atoms with E-state index < -0.39 is 20.4 Å². The normalized spacial score (nSPS) is 15.6. The molecule has 20 heavy (non-hydrogen) atoms. The van der Waals surface area contributed by atoms with Gasteiger partial charge in [0.15, 0.2) is 14.4 Å². The molecular weight excluding hydrogens is 272 g/mol. The second-order valence-electron chi connectivity index (χ2n) is 6.87. The summed E-state index contributed by atoms with van der Waals surface area (Å²) in [5.41, 5.74) is 0.807. The van der Waals surface area contributed by atoms with E-state index in [2.05, 4.69) is 45.2 Å². The Kier molecular flexibility index (Phi) is 7.14. The van der Waals surface area contributed by atoms with Gasteiger partial charge in [-0.1, -0.05) is 39.8 Å². The summed E-state index contributed by atoms with van der Waals surface area (Å²) in [6.07, 6.45) is -0.919. The zero-order valence-electron chi connectivity index (χ0n) is 13.9. The van der Waals surface area contributed by atoms with Crippen molar-refractivity contribution in [3.05, 3.63) is 12.2 Å². The van der Waals surface area contributed by atoms with Crippen LogP contribution < -0.4 is 0 Å². The zero-order chi connectivity index (χ0) is 16.1. The highest BCUT2D eigenvalue weighted by atomic mass is 28.4. The first-order valence-electron chi connectivity index (χ1n) is 7.00. The molecular formula is C15H30O4Si. The van der Waals surface area contributed by atoms with E-state index in [9.17, 15) is 9.90 Å². The third kappa shape index (κ3) is 5.77. The van der Waals surface area contributed by atoms with Gasteiger partial charge in [0.25, 0.3) is 0 Å². The van der Waals surface area contributed by atoms with E-state index in [4.69, 9.17) is 4.43 Å². The van der Waals surface area contributed by atoms with E-state index in [1.165, 1.54) is 7.11 Å². The standard InChI is InChI=1S/C15H30O4Si/c1-11(9-13(16)14(17)18-6)12(2)10-19-20(7,8)15(3,4)5/h12-13,16H,1,9-10H2,2-8H3/t12-,13+/m0/s1. The minimum Gasteiger partial charge on any atom is -0.467 e. The summed E-state index contributed by atoms with van der Waals surface area (Å²) < 4.78 is 10.6. The molecule has 0 fully saturated rings. The number of hydrogen-bond acceptors (Lipinski definition) is 4. The third-order valence-corrected chi connectivity index (χ3v) is 8.63. The number of rotatable bonds is 7. The number of carbonyl (C=O) groups excluding carboxylic acids is 1. The van der Waals surface area contributed by atoms with Crippen molar-refractivity contribution in [2.75, 3.05) is 13.7 Å². The molecule has 0 radical (unpaired) electrons. The first kappa shape index (κ1) is 19.3. The fraction of sp³-hybridized carbons (Fsp3) is 0.800. The van der Waals surface area contributed by atoms with Gasteiger partial charge in [0.05, 0.1) is 7.11 Å². The lowest BCUT2D eigenvalue weighted by atomic mass is 9.98. The predicted molar refractivity (Wildman–Crippen MR) is 84.1 cm³/mol. The van der Waals surface area contributed by atoms with Gasteiger partial charge in [-0.15, -0.1) is 0 Å². The number of methoxy groups -OCH3 is 1. The van der Waals surface area contributed by atoms with Crippen molar-refractivity contribution in [2.24, 2.45) is 5.92 Å². The second-order valence-corrected chi connectivity index (χ2v) is 11.7. The van der Waals surface area contributed by atoms with E-state index in [1.807, 2.05) is 6.92 Å². The van der Waals surface area contributed by atoms with Gasteiger partial charge in [-0.05, 0) is 24.1 Å². The highest BCUT2D eigenvalue weighted by Gasteiger charge is 2.37. The molecule has 0 bridgehead atoms. The average molecular weight is 302 g/mol. The maximum Gasteiger partial charge on any atom is 0.335 e. The van der Waals surface area contributed by atoms with Crippen molar-refractivity contribution in [3.8, 4) is 0 Å². The molecule has 0 rings (SSSR count). The number of ether oxygens (including phenoxy) is 1. The average Bonchev–Trinajstić information content (AvgIpc) is 2.33. The van der Waals surface area contributed by atoms with Crippen LogP contribution in [0.25, 0.3) is 0 Å².